The van der Waals surface area contributed by atoms with Crippen LogP contribution in [-0.4, -0.2) is 26.9 Å². The molecule has 0 fully saturated rings. The van der Waals surface area contributed by atoms with Crippen LogP contribution < -0.4 is 10.1 Å². The van der Waals surface area contributed by atoms with Crippen LogP contribution in [0.4, 0.5) is 19.0 Å². The molecule has 9 heteroatoms. The van der Waals surface area contributed by atoms with Gasteiger partial charge in [0.1, 0.15) is 11.6 Å². The number of anilines is 1. The molecule has 0 saturated heterocycles. The predicted molar refractivity (Wildman–Crippen MR) is 80.8 cm³/mol. The number of benzene rings is 1. The van der Waals surface area contributed by atoms with Gasteiger partial charge in [-0.3, -0.25) is 0 Å². The number of methoxy groups -OCH3 is 1. The van der Waals surface area contributed by atoms with E-state index in [1.54, 1.807) is 13.2 Å². The third-order valence-corrected chi connectivity index (χ3v) is 3.49. The first-order valence-corrected chi connectivity index (χ1v) is 7.09. The van der Waals surface area contributed by atoms with E-state index in [2.05, 4.69) is 20.6 Å². The van der Waals surface area contributed by atoms with Crippen LogP contribution in [0.5, 0.6) is 5.75 Å². The molecule has 2 aromatic heterocycles. The third kappa shape index (κ3) is 2.97. The minimum absolute atomic E-state index is 0.0258. The van der Waals surface area contributed by atoms with Crippen molar-refractivity contribution < 1.29 is 17.9 Å². The van der Waals surface area contributed by atoms with Crippen LogP contribution in [0.3, 0.4) is 0 Å². The van der Waals surface area contributed by atoms with E-state index in [1.165, 1.54) is 6.07 Å². The summed E-state index contributed by atoms with van der Waals surface area (Å²) in [6.07, 6.45) is -4.63. The summed E-state index contributed by atoms with van der Waals surface area (Å²) in [5.74, 6) is -0.212. The maximum Gasteiger partial charge on any atom is 0.453 e. The molecule has 0 spiro atoms. The van der Waals surface area contributed by atoms with Crippen molar-refractivity contribution in [1.29, 1.82) is 0 Å². The summed E-state index contributed by atoms with van der Waals surface area (Å²) in [4.78, 5) is 0. The molecule has 2 heterocycles. The van der Waals surface area contributed by atoms with Crippen molar-refractivity contribution >= 4 is 11.5 Å². The lowest BCUT2D eigenvalue weighted by Crippen LogP contribution is -2.14. The normalized spacial score (nSPS) is 13.0. The highest BCUT2D eigenvalue weighted by Crippen LogP contribution is 2.29. The van der Waals surface area contributed by atoms with Gasteiger partial charge in [-0.15, -0.1) is 15.3 Å². The summed E-state index contributed by atoms with van der Waals surface area (Å²) in [7, 11) is 1.56. The number of rotatable bonds is 4. The molecule has 1 N–H and O–H groups in total. The molecular weight excluding hydrogens is 323 g/mol. The van der Waals surface area contributed by atoms with E-state index in [-0.39, 0.29) is 17.5 Å². The molecule has 0 unspecified atom stereocenters. The van der Waals surface area contributed by atoms with Crippen molar-refractivity contribution in [2.24, 2.45) is 0 Å². The smallest absolute Gasteiger partial charge is 0.453 e. The summed E-state index contributed by atoms with van der Waals surface area (Å²) in [6.45, 7) is 1.86. The molecule has 0 saturated carbocycles. The zero-order chi connectivity index (χ0) is 17.3. The molecule has 0 aliphatic rings. The Kier molecular flexibility index (Phi) is 4.00. The fraction of sp³-hybridized carbons (Fsp3) is 0.267. The highest BCUT2D eigenvalue weighted by atomic mass is 19.4. The van der Waals surface area contributed by atoms with Gasteiger partial charge in [0.05, 0.1) is 13.2 Å². The summed E-state index contributed by atoms with van der Waals surface area (Å²) in [6, 6.07) is 10.1. The SMILES string of the molecule is COc1ccccc1[C@@H](C)Nc1ccc2nnc(C(F)(F)F)n2n1. The van der Waals surface area contributed by atoms with Crippen LogP contribution in [0.1, 0.15) is 24.4 Å². The Balaban J connectivity index is 1.92. The Bertz CT molecular complexity index is 862. The highest BCUT2D eigenvalue weighted by molar-refractivity contribution is 5.47. The molecule has 1 aromatic carbocycles. The van der Waals surface area contributed by atoms with Crippen molar-refractivity contribution in [2.45, 2.75) is 19.1 Å². The largest absolute Gasteiger partial charge is 0.496 e. The van der Waals surface area contributed by atoms with E-state index in [4.69, 9.17) is 4.74 Å². The van der Waals surface area contributed by atoms with E-state index in [0.717, 1.165) is 5.56 Å². The lowest BCUT2D eigenvalue weighted by atomic mass is 10.1. The minimum Gasteiger partial charge on any atom is -0.496 e. The molecule has 6 nitrogen and oxygen atoms in total. The maximum atomic E-state index is 12.9. The fourth-order valence-electron chi connectivity index (χ4n) is 2.37. The van der Waals surface area contributed by atoms with E-state index in [0.29, 0.717) is 10.3 Å². The van der Waals surface area contributed by atoms with Gasteiger partial charge in [0.25, 0.3) is 5.82 Å². The lowest BCUT2D eigenvalue weighted by Gasteiger charge is -2.17. The summed E-state index contributed by atoms with van der Waals surface area (Å²) >= 11 is 0. The van der Waals surface area contributed by atoms with Gasteiger partial charge in [-0.25, -0.2) is 0 Å². The van der Waals surface area contributed by atoms with Crippen LogP contribution in [0.2, 0.25) is 0 Å². The summed E-state index contributed by atoms with van der Waals surface area (Å²) < 4.78 is 44.7. The van der Waals surface area contributed by atoms with Gasteiger partial charge in [-0.05, 0) is 25.1 Å². The van der Waals surface area contributed by atoms with Crippen molar-refractivity contribution in [1.82, 2.24) is 19.8 Å². The van der Waals surface area contributed by atoms with Crippen molar-refractivity contribution in [3.05, 3.63) is 47.8 Å². The Morgan fingerprint density at radius 1 is 1.12 bits per heavy atom. The van der Waals surface area contributed by atoms with Gasteiger partial charge >= 0.3 is 6.18 Å². The number of hydrogen-bond donors (Lipinski definition) is 1. The van der Waals surface area contributed by atoms with Gasteiger partial charge in [-0.1, -0.05) is 18.2 Å². The number of nitrogens with one attached hydrogen (secondary N) is 1. The van der Waals surface area contributed by atoms with E-state index in [9.17, 15) is 13.2 Å². The molecule has 126 valence electrons. The average Bonchev–Trinajstić information content (AvgIpc) is 2.98. The predicted octanol–water partition coefficient (Wildman–Crippen LogP) is 3.32. The number of halogens is 3. The number of fused-ring (bicyclic) bond motifs is 1. The third-order valence-electron chi connectivity index (χ3n) is 3.49. The molecule has 0 radical (unpaired) electrons. The number of aromatic nitrogens is 4. The maximum absolute atomic E-state index is 12.9. The minimum atomic E-state index is -4.63. The monoisotopic (exact) mass is 337 g/mol. The van der Waals surface area contributed by atoms with Gasteiger partial charge in [0.2, 0.25) is 0 Å². The first-order valence-electron chi connectivity index (χ1n) is 7.09. The van der Waals surface area contributed by atoms with Gasteiger partial charge in [0, 0.05) is 5.56 Å². The second-order valence-electron chi connectivity index (χ2n) is 5.12. The van der Waals surface area contributed by atoms with Crippen LogP contribution in [-0.2, 0) is 6.18 Å². The molecule has 24 heavy (non-hydrogen) atoms. The van der Waals surface area contributed by atoms with Gasteiger partial charge < -0.3 is 10.1 Å². The van der Waals surface area contributed by atoms with Crippen LogP contribution in [0.25, 0.3) is 5.65 Å². The van der Waals surface area contributed by atoms with Gasteiger partial charge in [-0.2, -0.15) is 17.7 Å². The number of hydrogen-bond acceptors (Lipinski definition) is 5. The summed E-state index contributed by atoms with van der Waals surface area (Å²) in [5, 5.41) is 13.6. The van der Waals surface area contributed by atoms with Crippen LogP contribution in [0, 0.1) is 0 Å². The Labute approximate surface area is 135 Å². The van der Waals surface area contributed by atoms with Crippen LogP contribution in [0.15, 0.2) is 36.4 Å². The topological polar surface area (TPSA) is 64.3 Å². The van der Waals surface area contributed by atoms with Gasteiger partial charge in [0.15, 0.2) is 5.65 Å². The van der Waals surface area contributed by atoms with E-state index >= 15 is 0 Å². The van der Waals surface area contributed by atoms with Crippen LogP contribution >= 0.6 is 0 Å². The molecule has 0 bridgehead atoms. The lowest BCUT2D eigenvalue weighted by molar-refractivity contribution is -0.146. The number of ether oxygens (including phenoxy) is 1. The zero-order valence-electron chi connectivity index (χ0n) is 12.9. The quantitative estimate of drug-likeness (QED) is 0.791. The first kappa shape index (κ1) is 16.0. The van der Waals surface area contributed by atoms with E-state index in [1.807, 2.05) is 31.2 Å². The molecule has 3 aromatic rings. The summed E-state index contributed by atoms with van der Waals surface area (Å²) in [5.41, 5.74) is 0.888. The molecule has 0 aliphatic heterocycles. The standard InChI is InChI=1S/C15H14F3N5O/c1-9(10-5-3-4-6-11(10)24-2)19-12-7-8-13-20-21-14(15(16,17)18)23(13)22-12/h3-9H,1-2H3,(H,19,22)/t9-/m1/s1. The highest BCUT2D eigenvalue weighted by Gasteiger charge is 2.37. The molecule has 3 rings (SSSR count). The average molecular weight is 337 g/mol. The molecule has 0 aliphatic carbocycles. The number of alkyl halides is 3. The molecular formula is C15H14F3N5O. The Morgan fingerprint density at radius 2 is 1.88 bits per heavy atom. The second kappa shape index (κ2) is 5.99. The Morgan fingerprint density at radius 3 is 2.58 bits per heavy atom. The van der Waals surface area contributed by atoms with E-state index < -0.39 is 12.0 Å². The zero-order valence-corrected chi connectivity index (χ0v) is 12.9. The van der Waals surface area contributed by atoms with Crippen molar-refractivity contribution in [2.75, 3.05) is 12.4 Å². The second-order valence-corrected chi connectivity index (χ2v) is 5.12. The molecule has 0 amide bonds. The first-order chi connectivity index (χ1) is 11.4. The number of para-hydroxylation sites is 1. The number of nitrogens with zero attached hydrogens (tertiary/aromatic N) is 4. The fourth-order valence-corrected chi connectivity index (χ4v) is 2.37. The molecule has 1 atom stereocenters. The van der Waals surface area contributed by atoms with Crippen molar-refractivity contribution in [3.8, 4) is 5.75 Å². The Hall–Kier alpha value is -2.84. The van der Waals surface area contributed by atoms with Crippen molar-refractivity contribution in [3.63, 3.8) is 0 Å².